The standard InChI is InChI=1S/C19H22N2O3/c1-14(22)20-18(15-9-11-17(24-3)12-10-15)13-19(23)21(2)16-7-5-4-6-8-16/h4-12,18H,13H2,1-3H3,(H,20,22). The number of carbonyl (C=O) groups excluding carboxylic acids is 2. The van der Waals surface area contributed by atoms with Crippen molar-refractivity contribution in [3.63, 3.8) is 0 Å². The molecule has 0 aliphatic carbocycles. The molecule has 0 fully saturated rings. The number of hydrogen-bond acceptors (Lipinski definition) is 3. The lowest BCUT2D eigenvalue weighted by Gasteiger charge is -2.23. The average Bonchev–Trinajstić information content (AvgIpc) is 2.61. The summed E-state index contributed by atoms with van der Waals surface area (Å²) in [5.41, 5.74) is 1.68. The Morgan fingerprint density at radius 2 is 1.71 bits per heavy atom. The number of rotatable bonds is 6. The highest BCUT2D eigenvalue weighted by Crippen LogP contribution is 2.22. The predicted molar refractivity (Wildman–Crippen MR) is 94.0 cm³/mol. The maximum Gasteiger partial charge on any atom is 0.229 e. The van der Waals surface area contributed by atoms with Crippen LogP contribution in [0.1, 0.15) is 24.9 Å². The number of para-hydroxylation sites is 1. The third kappa shape index (κ3) is 4.59. The highest BCUT2D eigenvalue weighted by molar-refractivity contribution is 5.93. The molecule has 24 heavy (non-hydrogen) atoms. The first-order valence-electron chi connectivity index (χ1n) is 7.74. The summed E-state index contributed by atoms with van der Waals surface area (Å²) in [4.78, 5) is 25.7. The van der Waals surface area contributed by atoms with Gasteiger partial charge in [-0.3, -0.25) is 9.59 Å². The molecular formula is C19H22N2O3. The lowest BCUT2D eigenvalue weighted by atomic mass is 10.0. The normalized spacial score (nSPS) is 11.5. The van der Waals surface area contributed by atoms with E-state index in [1.54, 1.807) is 19.1 Å². The van der Waals surface area contributed by atoms with Gasteiger partial charge in [-0.2, -0.15) is 0 Å². The van der Waals surface area contributed by atoms with E-state index in [4.69, 9.17) is 4.74 Å². The SMILES string of the molecule is COc1ccc(C(CC(=O)N(C)c2ccccc2)NC(C)=O)cc1. The average molecular weight is 326 g/mol. The number of methoxy groups -OCH3 is 1. The Bertz CT molecular complexity index is 684. The molecule has 0 saturated heterocycles. The molecule has 0 spiro atoms. The van der Waals surface area contributed by atoms with Gasteiger partial charge in [0.1, 0.15) is 5.75 Å². The minimum Gasteiger partial charge on any atom is -0.497 e. The van der Waals surface area contributed by atoms with E-state index in [0.29, 0.717) is 0 Å². The van der Waals surface area contributed by atoms with Crippen LogP contribution in [0.3, 0.4) is 0 Å². The maximum absolute atomic E-state index is 12.6. The van der Waals surface area contributed by atoms with E-state index in [-0.39, 0.29) is 24.3 Å². The molecule has 0 aliphatic rings. The third-order valence-electron chi connectivity index (χ3n) is 3.79. The molecule has 0 aromatic heterocycles. The molecule has 0 radical (unpaired) electrons. The van der Waals surface area contributed by atoms with Crippen LogP contribution in [0.4, 0.5) is 5.69 Å². The van der Waals surface area contributed by atoms with Crippen molar-refractivity contribution < 1.29 is 14.3 Å². The zero-order valence-corrected chi connectivity index (χ0v) is 14.2. The van der Waals surface area contributed by atoms with E-state index in [1.807, 2.05) is 54.6 Å². The lowest BCUT2D eigenvalue weighted by Crippen LogP contribution is -2.33. The molecule has 1 N–H and O–H groups in total. The van der Waals surface area contributed by atoms with Gasteiger partial charge in [-0.15, -0.1) is 0 Å². The fourth-order valence-corrected chi connectivity index (χ4v) is 2.44. The van der Waals surface area contributed by atoms with Gasteiger partial charge in [-0.05, 0) is 29.8 Å². The van der Waals surface area contributed by atoms with Crippen LogP contribution < -0.4 is 15.0 Å². The summed E-state index contributed by atoms with van der Waals surface area (Å²) in [6.07, 6.45) is 0.178. The molecule has 5 heteroatoms. The Kier molecular flexibility index (Phi) is 5.95. The summed E-state index contributed by atoms with van der Waals surface area (Å²) in [7, 11) is 3.33. The monoisotopic (exact) mass is 326 g/mol. The maximum atomic E-state index is 12.6. The van der Waals surface area contributed by atoms with Crippen LogP contribution in [-0.2, 0) is 9.59 Å². The summed E-state index contributed by atoms with van der Waals surface area (Å²) in [5, 5.41) is 2.84. The van der Waals surface area contributed by atoms with E-state index < -0.39 is 0 Å². The van der Waals surface area contributed by atoms with E-state index in [9.17, 15) is 9.59 Å². The molecule has 0 saturated carbocycles. The van der Waals surface area contributed by atoms with Gasteiger partial charge in [0, 0.05) is 19.7 Å². The number of nitrogens with one attached hydrogen (secondary N) is 1. The molecule has 2 amide bonds. The first-order chi connectivity index (χ1) is 11.5. The van der Waals surface area contributed by atoms with E-state index >= 15 is 0 Å². The lowest BCUT2D eigenvalue weighted by molar-refractivity contribution is -0.121. The summed E-state index contributed by atoms with van der Waals surface area (Å²) in [6, 6.07) is 16.4. The largest absolute Gasteiger partial charge is 0.497 e. The van der Waals surface area contributed by atoms with Gasteiger partial charge in [-0.1, -0.05) is 30.3 Å². The van der Waals surface area contributed by atoms with Gasteiger partial charge >= 0.3 is 0 Å². The minimum atomic E-state index is -0.382. The molecular weight excluding hydrogens is 304 g/mol. The van der Waals surface area contributed by atoms with Crippen LogP contribution >= 0.6 is 0 Å². The Morgan fingerprint density at radius 3 is 2.25 bits per heavy atom. The number of nitrogens with zero attached hydrogens (tertiary/aromatic N) is 1. The second kappa shape index (κ2) is 8.15. The van der Waals surface area contributed by atoms with Crippen LogP contribution in [0, 0.1) is 0 Å². The molecule has 2 rings (SSSR count). The topological polar surface area (TPSA) is 58.6 Å². The number of hydrogen-bond donors (Lipinski definition) is 1. The molecule has 1 unspecified atom stereocenters. The molecule has 1 atom stereocenters. The molecule has 0 heterocycles. The van der Waals surface area contributed by atoms with Crippen LogP contribution in [0.15, 0.2) is 54.6 Å². The Morgan fingerprint density at radius 1 is 1.08 bits per heavy atom. The van der Waals surface area contributed by atoms with Crippen molar-refractivity contribution >= 4 is 17.5 Å². The zero-order chi connectivity index (χ0) is 17.5. The van der Waals surface area contributed by atoms with Gasteiger partial charge in [0.05, 0.1) is 19.6 Å². The Balaban J connectivity index is 2.15. The first-order valence-corrected chi connectivity index (χ1v) is 7.74. The molecule has 5 nitrogen and oxygen atoms in total. The quantitative estimate of drug-likeness (QED) is 0.888. The number of ether oxygens (including phenoxy) is 1. The molecule has 0 aliphatic heterocycles. The number of carbonyl (C=O) groups is 2. The molecule has 126 valence electrons. The highest BCUT2D eigenvalue weighted by atomic mass is 16.5. The smallest absolute Gasteiger partial charge is 0.229 e. The van der Waals surface area contributed by atoms with Crippen LogP contribution in [0.2, 0.25) is 0 Å². The summed E-state index contributed by atoms with van der Waals surface area (Å²) < 4.78 is 5.14. The van der Waals surface area contributed by atoms with Crippen molar-refractivity contribution in [1.82, 2.24) is 5.32 Å². The first kappa shape index (κ1) is 17.5. The van der Waals surface area contributed by atoms with Crippen LogP contribution in [0.5, 0.6) is 5.75 Å². The summed E-state index contributed by atoms with van der Waals surface area (Å²) in [5.74, 6) is 0.481. The fraction of sp³-hybridized carbons (Fsp3) is 0.263. The van der Waals surface area contributed by atoms with Gasteiger partial charge in [0.15, 0.2) is 0 Å². The second-order valence-corrected chi connectivity index (χ2v) is 5.52. The second-order valence-electron chi connectivity index (χ2n) is 5.52. The van der Waals surface area contributed by atoms with Gasteiger partial charge in [0.25, 0.3) is 0 Å². The summed E-state index contributed by atoms with van der Waals surface area (Å²) in [6.45, 7) is 1.45. The highest BCUT2D eigenvalue weighted by Gasteiger charge is 2.20. The van der Waals surface area contributed by atoms with E-state index in [1.165, 1.54) is 6.92 Å². The minimum absolute atomic E-state index is 0.0734. The number of benzene rings is 2. The van der Waals surface area contributed by atoms with Crippen molar-refractivity contribution in [1.29, 1.82) is 0 Å². The molecule has 2 aromatic carbocycles. The Labute approximate surface area is 142 Å². The van der Waals surface area contributed by atoms with Gasteiger partial charge < -0.3 is 15.0 Å². The van der Waals surface area contributed by atoms with Crippen LogP contribution in [-0.4, -0.2) is 26.0 Å². The Hall–Kier alpha value is -2.82. The third-order valence-corrected chi connectivity index (χ3v) is 3.79. The molecule has 2 aromatic rings. The summed E-state index contributed by atoms with van der Waals surface area (Å²) >= 11 is 0. The van der Waals surface area contributed by atoms with E-state index in [0.717, 1.165) is 17.0 Å². The number of amides is 2. The fourth-order valence-electron chi connectivity index (χ4n) is 2.44. The van der Waals surface area contributed by atoms with Gasteiger partial charge in [0.2, 0.25) is 11.8 Å². The van der Waals surface area contributed by atoms with Crippen molar-refractivity contribution in [3.8, 4) is 5.75 Å². The van der Waals surface area contributed by atoms with Crippen molar-refractivity contribution in [3.05, 3.63) is 60.2 Å². The van der Waals surface area contributed by atoms with E-state index in [2.05, 4.69) is 5.32 Å². The zero-order valence-electron chi connectivity index (χ0n) is 14.2. The van der Waals surface area contributed by atoms with Crippen molar-refractivity contribution in [2.45, 2.75) is 19.4 Å². The predicted octanol–water partition coefficient (Wildman–Crippen LogP) is 2.93. The van der Waals surface area contributed by atoms with Crippen molar-refractivity contribution in [2.75, 3.05) is 19.1 Å². The van der Waals surface area contributed by atoms with Crippen LogP contribution in [0.25, 0.3) is 0 Å². The van der Waals surface area contributed by atoms with Gasteiger partial charge in [-0.25, -0.2) is 0 Å². The molecule has 0 bridgehead atoms. The number of anilines is 1. The van der Waals surface area contributed by atoms with Crippen molar-refractivity contribution in [2.24, 2.45) is 0 Å².